The van der Waals surface area contributed by atoms with E-state index in [9.17, 15) is 9.18 Å². The minimum atomic E-state index is -1.01. The molecule has 0 amide bonds. The van der Waals surface area contributed by atoms with Gasteiger partial charge in [-0.3, -0.25) is 4.79 Å². The first kappa shape index (κ1) is 11.2. The first-order valence-corrected chi connectivity index (χ1v) is 4.91. The molecular weight excluding hydrogens is 231 g/mol. The van der Waals surface area contributed by atoms with Crippen molar-refractivity contribution in [1.82, 2.24) is 9.97 Å². The summed E-state index contributed by atoms with van der Waals surface area (Å²) in [6.07, 6.45) is -0.903. The molecule has 0 bridgehead atoms. The predicted molar refractivity (Wildman–Crippen MR) is 50.1 cm³/mol. The fourth-order valence-electron chi connectivity index (χ4n) is 0.726. The average Bonchev–Trinajstić information content (AvgIpc) is 2.08. The molecule has 1 heterocycles. The normalized spacial score (nSPS) is 10.2. The summed E-state index contributed by atoms with van der Waals surface area (Å²) in [5.41, 5.74) is 0.298. The number of halogens is 2. The zero-order chi connectivity index (χ0) is 10.7. The monoisotopic (exact) mass is 236 g/mol. The molecule has 1 aromatic heterocycles. The Bertz CT molecular complexity index is 375. The van der Waals surface area contributed by atoms with E-state index in [1.54, 1.807) is 0 Å². The second-order valence-corrected chi connectivity index (χ2v) is 3.72. The number of carbonyl (C=O) groups is 1. The number of rotatable bonds is 3. The van der Waals surface area contributed by atoms with E-state index in [4.69, 9.17) is 16.7 Å². The van der Waals surface area contributed by atoms with E-state index >= 15 is 0 Å². The Labute approximate surface area is 88.5 Å². The molecule has 0 atom stereocenters. The van der Waals surface area contributed by atoms with Crippen LogP contribution in [0.15, 0.2) is 5.03 Å². The lowest BCUT2D eigenvalue weighted by Gasteiger charge is -2.02. The second kappa shape index (κ2) is 4.56. The van der Waals surface area contributed by atoms with E-state index in [0.29, 0.717) is 5.69 Å². The number of aromatic nitrogens is 2. The summed E-state index contributed by atoms with van der Waals surface area (Å²) in [4.78, 5) is 17.0. The van der Waals surface area contributed by atoms with E-state index < -0.39 is 12.0 Å². The van der Waals surface area contributed by atoms with Gasteiger partial charge in [0.25, 0.3) is 0 Å². The Morgan fingerprint density at radius 2 is 2.29 bits per heavy atom. The molecule has 0 aliphatic heterocycles. The van der Waals surface area contributed by atoms with E-state index in [2.05, 4.69) is 9.97 Å². The van der Waals surface area contributed by atoms with Crippen molar-refractivity contribution in [1.29, 1.82) is 0 Å². The third-order valence-electron chi connectivity index (χ3n) is 1.29. The van der Waals surface area contributed by atoms with Crippen molar-refractivity contribution in [2.75, 3.05) is 5.75 Å². The van der Waals surface area contributed by atoms with Gasteiger partial charge in [-0.2, -0.15) is 9.37 Å². The molecule has 7 heteroatoms. The standard InChI is InChI=1S/C7H6ClFN2O2S/c1-3-5(8)6(11-7(9)10-3)14-2-4(12)13/h2H2,1H3,(H,12,13). The molecule has 1 N–H and O–H groups in total. The van der Waals surface area contributed by atoms with Crippen molar-refractivity contribution < 1.29 is 14.3 Å². The minimum absolute atomic E-state index is 0.152. The molecule has 0 spiro atoms. The number of carboxylic acid groups (broad SMARTS) is 1. The smallest absolute Gasteiger partial charge is 0.313 e. The summed E-state index contributed by atoms with van der Waals surface area (Å²) in [6.45, 7) is 1.53. The highest BCUT2D eigenvalue weighted by atomic mass is 35.5. The maximum absolute atomic E-state index is 12.7. The highest BCUT2D eigenvalue weighted by molar-refractivity contribution is 8.00. The molecule has 0 unspecified atom stereocenters. The topological polar surface area (TPSA) is 63.1 Å². The van der Waals surface area contributed by atoms with Crippen molar-refractivity contribution in [3.63, 3.8) is 0 Å². The molecule has 76 valence electrons. The molecule has 0 aliphatic carbocycles. The van der Waals surface area contributed by atoms with Crippen molar-refractivity contribution >= 4 is 29.3 Å². The van der Waals surface area contributed by atoms with Crippen LogP contribution in [0.4, 0.5) is 4.39 Å². The Kier molecular flexibility index (Phi) is 3.65. The predicted octanol–water partition coefficient (Wildman–Crippen LogP) is 1.75. The van der Waals surface area contributed by atoms with Gasteiger partial charge < -0.3 is 5.11 Å². The number of nitrogens with zero attached hydrogens (tertiary/aromatic N) is 2. The van der Waals surface area contributed by atoms with Gasteiger partial charge in [-0.1, -0.05) is 23.4 Å². The molecule has 0 radical (unpaired) electrons. The van der Waals surface area contributed by atoms with Gasteiger partial charge in [-0.25, -0.2) is 4.98 Å². The van der Waals surface area contributed by atoms with Gasteiger partial charge in [0, 0.05) is 0 Å². The Morgan fingerprint density at radius 3 is 2.86 bits per heavy atom. The third-order valence-corrected chi connectivity index (χ3v) is 2.82. The quantitative estimate of drug-likeness (QED) is 0.492. The lowest BCUT2D eigenvalue weighted by atomic mass is 10.5. The van der Waals surface area contributed by atoms with Crippen LogP contribution in [0.1, 0.15) is 5.69 Å². The van der Waals surface area contributed by atoms with Crippen LogP contribution in [0.25, 0.3) is 0 Å². The first-order chi connectivity index (χ1) is 6.50. The van der Waals surface area contributed by atoms with Gasteiger partial charge >= 0.3 is 12.0 Å². The largest absolute Gasteiger partial charge is 0.481 e. The number of aliphatic carboxylic acids is 1. The average molecular weight is 237 g/mol. The van der Waals surface area contributed by atoms with E-state index in [1.807, 2.05) is 0 Å². The van der Waals surface area contributed by atoms with Crippen molar-refractivity contribution in [3.8, 4) is 0 Å². The molecule has 0 saturated carbocycles. The molecule has 4 nitrogen and oxygen atoms in total. The Morgan fingerprint density at radius 1 is 1.64 bits per heavy atom. The van der Waals surface area contributed by atoms with Gasteiger partial charge in [-0.05, 0) is 6.92 Å². The van der Waals surface area contributed by atoms with E-state index in [-0.39, 0.29) is 15.8 Å². The first-order valence-electron chi connectivity index (χ1n) is 3.55. The molecule has 0 fully saturated rings. The zero-order valence-electron chi connectivity index (χ0n) is 7.12. The van der Waals surface area contributed by atoms with Crippen LogP contribution >= 0.6 is 23.4 Å². The molecule has 0 saturated heterocycles. The summed E-state index contributed by atoms with van der Waals surface area (Å²) >= 11 is 6.60. The molecule has 0 aliphatic rings. The number of thioether (sulfide) groups is 1. The highest BCUT2D eigenvalue weighted by Gasteiger charge is 2.11. The molecular formula is C7H6ClFN2O2S. The molecule has 0 aromatic carbocycles. The van der Waals surface area contributed by atoms with Crippen LogP contribution in [0.5, 0.6) is 0 Å². The van der Waals surface area contributed by atoms with Gasteiger partial charge in [0.2, 0.25) is 0 Å². The van der Waals surface area contributed by atoms with Crippen LogP contribution in [0.3, 0.4) is 0 Å². The number of carboxylic acids is 1. The zero-order valence-corrected chi connectivity index (χ0v) is 8.69. The lowest BCUT2D eigenvalue weighted by Crippen LogP contribution is -2.01. The van der Waals surface area contributed by atoms with Gasteiger partial charge in [-0.15, -0.1) is 0 Å². The van der Waals surface area contributed by atoms with E-state index in [1.165, 1.54) is 6.92 Å². The highest BCUT2D eigenvalue weighted by Crippen LogP contribution is 2.26. The lowest BCUT2D eigenvalue weighted by molar-refractivity contribution is -0.133. The Hall–Kier alpha value is -0.880. The molecule has 14 heavy (non-hydrogen) atoms. The fraction of sp³-hybridized carbons (Fsp3) is 0.286. The minimum Gasteiger partial charge on any atom is -0.481 e. The molecule has 1 rings (SSSR count). The van der Waals surface area contributed by atoms with E-state index in [0.717, 1.165) is 11.8 Å². The maximum atomic E-state index is 12.7. The summed E-state index contributed by atoms with van der Waals surface area (Å²) in [7, 11) is 0. The summed E-state index contributed by atoms with van der Waals surface area (Å²) in [5, 5.41) is 8.75. The van der Waals surface area contributed by atoms with Crippen LogP contribution in [-0.2, 0) is 4.79 Å². The fourth-order valence-corrected chi connectivity index (χ4v) is 1.65. The number of hydrogen-bond acceptors (Lipinski definition) is 4. The van der Waals surface area contributed by atoms with Crippen molar-refractivity contribution in [3.05, 3.63) is 16.8 Å². The van der Waals surface area contributed by atoms with Crippen LogP contribution in [0.2, 0.25) is 5.02 Å². The number of hydrogen-bond donors (Lipinski definition) is 1. The summed E-state index contributed by atoms with van der Waals surface area (Å²) in [6, 6.07) is 0. The van der Waals surface area contributed by atoms with Crippen molar-refractivity contribution in [2.24, 2.45) is 0 Å². The third kappa shape index (κ3) is 2.81. The summed E-state index contributed by atoms with van der Waals surface area (Å²) < 4.78 is 12.7. The van der Waals surface area contributed by atoms with Crippen LogP contribution < -0.4 is 0 Å². The van der Waals surface area contributed by atoms with Gasteiger partial charge in [0.05, 0.1) is 16.5 Å². The van der Waals surface area contributed by atoms with Gasteiger partial charge in [0.15, 0.2) is 0 Å². The Balaban J connectivity index is 2.90. The second-order valence-electron chi connectivity index (χ2n) is 2.38. The van der Waals surface area contributed by atoms with Crippen LogP contribution in [0, 0.1) is 13.0 Å². The molecule has 1 aromatic rings. The SMILES string of the molecule is Cc1nc(F)nc(SCC(=O)O)c1Cl. The van der Waals surface area contributed by atoms with Crippen LogP contribution in [-0.4, -0.2) is 26.8 Å². The maximum Gasteiger partial charge on any atom is 0.313 e. The van der Waals surface area contributed by atoms with Crippen molar-refractivity contribution in [2.45, 2.75) is 11.9 Å². The number of aryl methyl sites for hydroxylation is 1. The summed E-state index contributed by atoms with van der Waals surface area (Å²) in [5.74, 6) is -1.22. The van der Waals surface area contributed by atoms with Gasteiger partial charge in [0.1, 0.15) is 5.03 Å².